The van der Waals surface area contributed by atoms with Crippen LogP contribution in [-0.2, 0) is 24.9 Å². The zero-order chi connectivity index (χ0) is 18.5. The summed E-state index contributed by atoms with van der Waals surface area (Å²) in [7, 11) is 1.94. The molecule has 1 amide bonds. The average Bonchev–Trinajstić information content (AvgIpc) is 2.83. The van der Waals surface area contributed by atoms with Crippen LogP contribution in [0.4, 0.5) is 0 Å². The quantitative estimate of drug-likeness (QED) is 0.800. The predicted molar refractivity (Wildman–Crippen MR) is 99.4 cm³/mol. The summed E-state index contributed by atoms with van der Waals surface area (Å²) in [5.41, 5.74) is 0.964. The fraction of sp³-hybridized carbons (Fsp3) is 0.556. The van der Waals surface area contributed by atoms with Crippen LogP contribution in [0, 0.1) is 0 Å². The molecule has 0 aliphatic carbocycles. The highest BCUT2D eigenvalue weighted by atomic mass is 35.5. The third-order valence-electron chi connectivity index (χ3n) is 5.00. The summed E-state index contributed by atoms with van der Waals surface area (Å²) >= 11 is 6.08. The van der Waals surface area contributed by atoms with E-state index < -0.39 is 0 Å². The van der Waals surface area contributed by atoms with Crippen molar-refractivity contribution in [2.75, 3.05) is 13.1 Å². The van der Waals surface area contributed by atoms with E-state index in [4.69, 9.17) is 11.6 Å². The van der Waals surface area contributed by atoms with Crippen LogP contribution in [0.2, 0.25) is 5.15 Å². The Balaban J connectivity index is 1.62. The molecule has 1 saturated heterocycles. The van der Waals surface area contributed by atoms with Gasteiger partial charge in [0.05, 0.1) is 12.7 Å². The van der Waals surface area contributed by atoms with E-state index >= 15 is 0 Å². The fourth-order valence-electron chi connectivity index (χ4n) is 3.49. The number of likely N-dealkylation sites (tertiary alicyclic amines) is 1. The van der Waals surface area contributed by atoms with E-state index in [0.29, 0.717) is 11.7 Å². The number of hydrogen-bond acceptors (Lipinski definition) is 5. The largest absolute Gasteiger partial charge is 0.335 e. The van der Waals surface area contributed by atoms with Crippen molar-refractivity contribution in [1.82, 2.24) is 29.3 Å². The molecule has 1 aliphatic rings. The minimum atomic E-state index is 0.100. The summed E-state index contributed by atoms with van der Waals surface area (Å²) < 4.78 is 1.92. The summed E-state index contributed by atoms with van der Waals surface area (Å²) in [4.78, 5) is 29.1. The molecule has 1 aliphatic heterocycles. The van der Waals surface area contributed by atoms with E-state index in [1.165, 1.54) is 6.33 Å². The third kappa shape index (κ3) is 4.59. The number of carbonyl (C=O) groups is 1. The number of carbonyl (C=O) groups excluding carboxylic acids is 1. The smallest absolute Gasteiger partial charge is 0.219 e. The first-order valence-electron chi connectivity index (χ1n) is 8.94. The molecule has 0 radical (unpaired) electrons. The molecule has 0 N–H and O–H groups in total. The van der Waals surface area contributed by atoms with Gasteiger partial charge in [-0.2, -0.15) is 0 Å². The lowest BCUT2D eigenvalue weighted by Crippen LogP contribution is -2.39. The molecular weight excluding hydrogens is 352 g/mol. The lowest BCUT2D eigenvalue weighted by molar-refractivity contribution is -0.132. The van der Waals surface area contributed by atoms with Crippen LogP contribution in [0.1, 0.15) is 37.6 Å². The van der Waals surface area contributed by atoms with E-state index in [1.807, 2.05) is 16.5 Å². The maximum atomic E-state index is 12.2. The molecule has 1 unspecified atom stereocenters. The van der Waals surface area contributed by atoms with Crippen molar-refractivity contribution in [2.45, 2.75) is 45.3 Å². The van der Waals surface area contributed by atoms with Gasteiger partial charge in [-0.3, -0.25) is 9.69 Å². The average molecular weight is 377 g/mol. The number of amides is 1. The van der Waals surface area contributed by atoms with Gasteiger partial charge < -0.3 is 9.47 Å². The number of imidazole rings is 1. The van der Waals surface area contributed by atoms with Crippen LogP contribution >= 0.6 is 11.6 Å². The molecule has 0 saturated carbocycles. The first-order chi connectivity index (χ1) is 12.5. The zero-order valence-corrected chi connectivity index (χ0v) is 16.1. The molecular formula is C18H25ClN6O. The zero-order valence-electron chi connectivity index (χ0n) is 15.3. The van der Waals surface area contributed by atoms with Gasteiger partial charge in [0.15, 0.2) is 0 Å². The van der Waals surface area contributed by atoms with Crippen LogP contribution < -0.4 is 0 Å². The first-order valence-corrected chi connectivity index (χ1v) is 9.32. The Morgan fingerprint density at radius 2 is 2.04 bits per heavy atom. The molecule has 2 aromatic heterocycles. The van der Waals surface area contributed by atoms with Gasteiger partial charge in [-0.05, 0) is 25.8 Å². The normalized spacial score (nSPS) is 18.5. The van der Waals surface area contributed by atoms with Gasteiger partial charge in [-0.1, -0.05) is 11.6 Å². The lowest BCUT2D eigenvalue weighted by atomic mass is 10.1. The number of rotatable bonds is 5. The van der Waals surface area contributed by atoms with Gasteiger partial charge in [0, 0.05) is 51.1 Å². The van der Waals surface area contributed by atoms with Gasteiger partial charge in [0.2, 0.25) is 5.91 Å². The molecule has 1 atom stereocenters. The van der Waals surface area contributed by atoms with Crippen molar-refractivity contribution in [2.24, 2.45) is 7.05 Å². The maximum Gasteiger partial charge on any atom is 0.219 e. The minimum absolute atomic E-state index is 0.100. The van der Waals surface area contributed by atoms with Crippen molar-refractivity contribution in [1.29, 1.82) is 0 Å². The molecule has 3 rings (SSSR count). The fourth-order valence-corrected chi connectivity index (χ4v) is 3.63. The standard InChI is InChI=1S/C18H25ClN6O/c1-14(26)25(11-15-8-20-13-21-9-15)16-4-3-6-24(7-5-16)12-18-22-10-17(19)23(18)2/h8-10,13,16H,3-7,11-12H2,1-2H3. The van der Waals surface area contributed by atoms with E-state index in [-0.39, 0.29) is 11.9 Å². The number of aromatic nitrogens is 4. The summed E-state index contributed by atoms with van der Waals surface area (Å²) in [6.45, 7) is 4.92. The Hall–Kier alpha value is -1.99. The van der Waals surface area contributed by atoms with Crippen LogP contribution in [0.3, 0.4) is 0 Å². The molecule has 3 heterocycles. The molecule has 7 nitrogen and oxygen atoms in total. The van der Waals surface area contributed by atoms with Crippen LogP contribution in [-0.4, -0.2) is 54.4 Å². The molecule has 26 heavy (non-hydrogen) atoms. The molecule has 0 bridgehead atoms. The first kappa shape index (κ1) is 18.8. The molecule has 0 aromatic carbocycles. The number of nitrogens with zero attached hydrogens (tertiary/aromatic N) is 6. The second-order valence-electron chi connectivity index (χ2n) is 6.81. The topological polar surface area (TPSA) is 67.2 Å². The van der Waals surface area contributed by atoms with Crippen molar-refractivity contribution in [3.05, 3.63) is 41.5 Å². The molecule has 8 heteroatoms. The second-order valence-corrected chi connectivity index (χ2v) is 7.20. The number of hydrogen-bond donors (Lipinski definition) is 0. The van der Waals surface area contributed by atoms with Crippen LogP contribution in [0.5, 0.6) is 0 Å². The summed E-state index contributed by atoms with van der Waals surface area (Å²) in [5, 5.41) is 0.653. The second kappa shape index (κ2) is 8.60. The van der Waals surface area contributed by atoms with E-state index in [9.17, 15) is 4.79 Å². The Morgan fingerprint density at radius 1 is 1.27 bits per heavy atom. The van der Waals surface area contributed by atoms with Gasteiger partial charge >= 0.3 is 0 Å². The van der Waals surface area contributed by atoms with Gasteiger partial charge in [-0.25, -0.2) is 15.0 Å². The van der Waals surface area contributed by atoms with Crippen LogP contribution in [0.25, 0.3) is 0 Å². The minimum Gasteiger partial charge on any atom is -0.335 e. The van der Waals surface area contributed by atoms with Gasteiger partial charge in [0.1, 0.15) is 17.3 Å². The highest BCUT2D eigenvalue weighted by molar-refractivity contribution is 6.29. The molecule has 140 valence electrons. The number of halogens is 1. The Morgan fingerprint density at radius 3 is 2.69 bits per heavy atom. The Labute approximate surface area is 159 Å². The Bertz CT molecular complexity index is 735. The van der Waals surface area contributed by atoms with Crippen molar-refractivity contribution in [3.63, 3.8) is 0 Å². The molecule has 0 spiro atoms. The monoisotopic (exact) mass is 376 g/mol. The molecule has 2 aromatic rings. The van der Waals surface area contributed by atoms with E-state index in [0.717, 1.165) is 50.3 Å². The summed E-state index contributed by atoms with van der Waals surface area (Å²) in [6, 6.07) is 0.239. The van der Waals surface area contributed by atoms with Crippen molar-refractivity contribution >= 4 is 17.5 Å². The van der Waals surface area contributed by atoms with Crippen molar-refractivity contribution < 1.29 is 4.79 Å². The van der Waals surface area contributed by atoms with Crippen LogP contribution in [0.15, 0.2) is 24.9 Å². The lowest BCUT2D eigenvalue weighted by Gasteiger charge is -2.30. The van der Waals surface area contributed by atoms with Crippen molar-refractivity contribution in [3.8, 4) is 0 Å². The third-order valence-corrected chi connectivity index (χ3v) is 5.35. The highest BCUT2D eigenvalue weighted by Crippen LogP contribution is 2.21. The van der Waals surface area contributed by atoms with E-state index in [2.05, 4.69) is 19.9 Å². The summed E-state index contributed by atoms with van der Waals surface area (Å²) in [6.07, 6.45) is 9.76. The predicted octanol–water partition coefficient (Wildman–Crippen LogP) is 2.27. The SMILES string of the molecule is CC(=O)N(Cc1cncnc1)C1CCCN(Cc2ncc(Cl)n2C)CC1. The highest BCUT2D eigenvalue weighted by Gasteiger charge is 2.25. The molecule has 1 fully saturated rings. The van der Waals surface area contributed by atoms with E-state index in [1.54, 1.807) is 25.5 Å². The Kier molecular flexibility index (Phi) is 6.21. The maximum absolute atomic E-state index is 12.2. The van der Waals surface area contributed by atoms with Gasteiger partial charge in [0.25, 0.3) is 0 Å². The summed E-state index contributed by atoms with van der Waals surface area (Å²) in [5.74, 6) is 1.07. The van der Waals surface area contributed by atoms with Gasteiger partial charge in [-0.15, -0.1) is 0 Å².